The van der Waals surface area contributed by atoms with Crippen molar-refractivity contribution in [3.05, 3.63) is 29.3 Å². The van der Waals surface area contributed by atoms with Gasteiger partial charge in [-0.3, -0.25) is 0 Å². The average Bonchev–Trinajstić information content (AvgIpc) is 2.27. The first kappa shape index (κ1) is 14.0. The molecule has 1 aromatic carbocycles. The van der Waals surface area contributed by atoms with Crippen LogP contribution in [0.25, 0.3) is 0 Å². The summed E-state index contributed by atoms with van der Waals surface area (Å²) in [5.74, 6) is 0.932. The lowest BCUT2D eigenvalue weighted by Crippen LogP contribution is -2.20. The SMILES string of the molecule is Cc1ccc(O)c(CNCCOCC(C)C)c1. The molecule has 0 radical (unpaired) electrons. The molecular formula is C14H23NO2. The first-order valence-corrected chi connectivity index (χ1v) is 6.16. The maximum atomic E-state index is 9.64. The van der Waals surface area contributed by atoms with Crippen LogP contribution in [-0.4, -0.2) is 24.9 Å². The summed E-state index contributed by atoms with van der Waals surface area (Å²) in [6, 6.07) is 5.64. The molecule has 2 N–H and O–H groups in total. The van der Waals surface area contributed by atoms with E-state index in [9.17, 15) is 5.11 Å². The zero-order valence-corrected chi connectivity index (χ0v) is 11.0. The highest BCUT2D eigenvalue weighted by Crippen LogP contribution is 2.17. The second-order valence-electron chi connectivity index (χ2n) is 4.78. The Morgan fingerprint density at radius 3 is 2.82 bits per heavy atom. The van der Waals surface area contributed by atoms with Crippen molar-refractivity contribution < 1.29 is 9.84 Å². The Morgan fingerprint density at radius 1 is 1.35 bits per heavy atom. The fourth-order valence-electron chi connectivity index (χ4n) is 1.54. The molecular weight excluding hydrogens is 214 g/mol. The molecule has 3 nitrogen and oxygen atoms in total. The van der Waals surface area contributed by atoms with Crippen molar-refractivity contribution in [1.82, 2.24) is 5.32 Å². The van der Waals surface area contributed by atoms with E-state index in [0.29, 0.717) is 24.8 Å². The van der Waals surface area contributed by atoms with E-state index in [2.05, 4.69) is 19.2 Å². The minimum Gasteiger partial charge on any atom is -0.508 e. The van der Waals surface area contributed by atoms with E-state index in [1.165, 1.54) is 0 Å². The zero-order valence-electron chi connectivity index (χ0n) is 11.0. The van der Waals surface area contributed by atoms with Crippen LogP contribution in [0.5, 0.6) is 5.75 Å². The van der Waals surface area contributed by atoms with E-state index in [4.69, 9.17) is 4.74 Å². The molecule has 0 atom stereocenters. The number of benzene rings is 1. The minimum absolute atomic E-state index is 0.353. The van der Waals surface area contributed by atoms with E-state index < -0.39 is 0 Å². The summed E-state index contributed by atoms with van der Waals surface area (Å²) in [4.78, 5) is 0. The molecule has 96 valence electrons. The van der Waals surface area contributed by atoms with Gasteiger partial charge in [-0.25, -0.2) is 0 Å². The van der Waals surface area contributed by atoms with E-state index >= 15 is 0 Å². The van der Waals surface area contributed by atoms with Gasteiger partial charge in [0.25, 0.3) is 0 Å². The topological polar surface area (TPSA) is 41.5 Å². The van der Waals surface area contributed by atoms with Crippen molar-refractivity contribution in [2.45, 2.75) is 27.3 Å². The van der Waals surface area contributed by atoms with Crippen LogP contribution in [0.15, 0.2) is 18.2 Å². The van der Waals surface area contributed by atoms with Gasteiger partial charge in [0.05, 0.1) is 6.61 Å². The molecule has 0 fully saturated rings. The van der Waals surface area contributed by atoms with E-state index in [1.807, 2.05) is 19.1 Å². The number of nitrogens with one attached hydrogen (secondary N) is 1. The van der Waals surface area contributed by atoms with Crippen LogP contribution in [0.1, 0.15) is 25.0 Å². The molecule has 1 rings (SSSR count). The number of phenols is 1. The Bertz CT molecular complexity index is 337. The molecule has 0 amide bonds. The summed E-state index contributed by atoms with van der Waals surface area (Å²) in [6.07, 6.45) is 0. The summed E-state index contributed by atoms with van der Waals surface area (Å²) in [7, 11) is 0. The monoisotopic (exact) mass is 237 g/mol. The molecule has 0 aromatic heterocycles. The van der Waals surface area contributed by atoms with Crippen LogP contribution >= 0.6 is 0 Å². The maximum Gasteiger partial charge on any atom is 0.120 e. The fourth-order valence-corrected chi connectivity index (χ4v) is 1.54. The quantitative estimate of drug-likeness (QED) is 0.716. The van der Waals surface area contributed by atoms with Gasteiger partial charge >= 0.3 is 0 Å². The smallest absolute Gasteiger partial charge is 0.120 e. The Morgan fingerprint density at radius 2 is 2.12 bits per heavy atom. The lowest BCUT2D eigenvalue weighted by Gasteiger charge is -2.09. The highest BCUT2D eigenvalue weighted by molar-refractivity contribution is 5.35. The molecule has 0 aliphatic heterocycles. The molecule has 0 saturated heterocycles. The molecule has 0 bridgehead atoms. The highest BCUT2D eigenvalue weighted by atomic mass is 16.5. The highest BCUT2D eigenvalue weighted by Gasteiger charge is 2.00. The van der Waals surface area contributed by atoms with Gasteiger partial charge in [-0.1, -0.05) is 31.5 Å². The van der Waals surface area contributed by atoms with Gasteiger partial charge in [0, 0.05) is 25.3 Å². The lowest BCUT2D eigenvalue weighted by atomic mass is 10.1. The third kappa shape index (κ3) is 5.71. The average molecular weight is 237 g/mol. The van der Waals surface area contributed by atoms with Crippen molar-refractivity contribution >= 4 is 0 Å². The number of aryl methyl sites for hydroxylation is 1. The molecule has 17 heavy (non-hydrogen) atoms. The first-order valence-electron chi connectivity index (χ1n) is 6.16. The van der Waals surface area contributed by atoms with Crippen LogP contribution in [-0.2, 0) is 11.3 Å². The normalized spacial score (nSPS) is 11.1. The summed E-state index contributed by atoms with van der Waals surface area (Å²) in [5.41, 5.74) is 2.10. The molecule has 0 saturated carbocycles. The molecule has 1 aromatic rings. The third-order valence-corrected chi connectivity index (χ3v) is 2.42. The zero-order chi connectivity index (χ0) is 12.7. The van der Waals surface area contributed by atoms with Gasteiger partial charge in [-0.05, 0) is 18.9 Å². The number of phenolic OH excluding ortho intramolecular Hbond substituents is 1. The van der Waals surface area contributed by atoms with Crippen LogP contribution < -0.4 is 5.32 Å². The first-order chi connectivity index (χ1) is 8.09. The van der Waals surface area contributed by atoms with Crippen LogP contribution in [0.4, 0.5) is 0 Å². The molecule has 0 aliphatic carbocycles. The van der Waals surface area contributed by atoms with Gasteiger partial charge in [0.2, 0.25) is 0 Å². The largest absolute Gasteiger partial charge is 0.508 e. The summed E-state index contributed by atoms with van der Waals surface area (Å²) >= 11 is 0. The summed E-state index contributed by atoms with van der Waals surface area (Å²) in [6.45, 7) is 9.30. The minimum atomic E-state index is 0.353. The van der Waals surface area contributed by atoms with Crippen molar-refractivity contribution in [1.29, 1.82) is 0 Å². The van der Waals surface area contributed by atoms with Crippen molar-refractivity contribution in [3.63, 3.8) is 0 Å². The summed E-state index contributed by atoms with van der Waals surface area (Å²) < 4.78 is 5.46. The van der Waals surface area contributed by atoms with E-state index in [0.717, 1.165) is 24.3 Å². The third-order valence-electron chi connectivity index (χ3n) is 2.42. The van der Waals surface area contributed by atoms with Crippen LogP contribution in [0, 0.1) is 12.8 Å². The van der Waals surface area contributed by atoms with Gasteiger partial charge in [-0.2, -0.15) is 0 Å². The fraction of sp³-hybridized carbons (Fsp3) is 0.571. The number of hydrogen-bond donors (Lipinski definition) is 2. The molecule has 0 unspecified atom stereocenters. The van der Waals surface area contributed by atoms with Crippen molar-refractivity contribution in [2.75, 3.05) is 19.8 Å². The van der Waals surface area contributed by atoms with Gasteiger partial charge in [0.1, 0.15) is 5.75 Å². The van der Waals surface area contributed by atoms with Crippen molar-refractivity contribution in [2.24, 2.45) is 5.92 Å². The lowest BCUT2D eigenvalue weighted by molar-refractivity contribution is 0.111. The Labute approximate surface area is 104 Å². The number of rotatable bonds is 7. The van der Waals surface area contributed by atoms with Crippen LogP contribution in [0.2, 0.25) is 0 Å². The second kappa shape index (κ2) is 7.30. The molecule has 3 heteroatoms. The van der Waals surface area contributed by atoms with E-state index in [-0.39, 0.29) is 0 Å². The molecule has 0 spiro atoms. The number of aromatic hydroxyl groups is 1. The predicted molar refractivity (Wildman–Crippen MR) is 70.2 cm³/mol. The van der Waals surface area contributed by atoms with Crippen molar-refractivity contribution in [3.8, 4) is 5.75 Å². The Hall–Kier alpha value is -1.06. The second-order valence-corrected chi connectivity index (χ2v) is 4.78. The Balaban J connectivity index is 2.20. The maximum absolute atomic E-state index is 9.64. The Kier molecular flexibility index (Phi) is 6.01. The standard InChI is InChI=1S/C14H23NO2/c1-11(2)10-17-7-6-15-9-13-8-12(3)4-5-14(13)16/h4-5,8,11,15-16H,6-7,9-10H2,1-3H3. The number of ether oxygens (including phenoxy) is 1. The molecule has 0 aliphatic rings. The van der Waals surface area contributed by atoms with Gasteiger partial charge in [0.15, 0.2) is 0 Å². The molecule has 0 heterocycles. The van der Waals surface area contributed by atoms with Crippen LogP contribution in [0.3, 0.4) is 0 Å². The van der Waals surface area contributed by atoms with Gasteiger partial charge in [-0.15, -0.1) is 0 Å². The summed E-state index contributed by atoms with van der Waals surface area (Å²) in [5, 5.41) is 12.9. The predicted octanol–water partition coefficient (Wildman–Crippen LogP) is 2.46. The van der Waals surface area contributed by atoms with Gasteiger partial charge < -0.3 is 15.2 Å². The number of hydrogen-bond acceptors (Lipinski definition) is 3. The van der Waals surface area contributed by atoms with E-state index in [1.54, 1.807) is 6.07 Å².